The minimum absolute atomic E-state index is 0.461. The zero-order valence-corrected chi connectivity index (χ0v) is 13.6. The third kappa shape index (κ3) is 4.64. The molecule has 112 valence electrons. The summed E-state index contributed by atoms with van der Waals surface area (Å²) < 4.78 is 0. The summed E-state index contributed by atoms with van der Waals surface area (Å²) in [6, 6.07) is 0.461. The van der Waals surface area contributed by atoms with Crippen LogP contribution in [0.1, 0.15) is 52.4 Å². The summed E-state index contributed by atoms with van der Waals surface area (Å²) in [5.74, 6) is 3.03. The third-order valence-corrected chi connectivity index (χ3v) is 6.39. The molecular weight excluding hydrogens is 252 g/mol. The van der Waals surface area contributed by atoms with Gasteiger partial charge in [-0.3, -0.25) is 0 Å². The lowest BCUT2D eigenvalue weighted by Gasteiger charge is -2.39. The Morgan fingerprint density at radius 2 is 2.11 bits per heavy atom. The second-order valence-corrected chi connectivity index (χ2v) is 7.96. The molecule has 3 heteroatoms. The summed E-state index contributed by atoms with van der Waals surface area (Å²) in [6.07, 6.45) is 8.08. The van der Waals surface area contributed by atoms with E-state index in [0.717, 1.165) is 17.1 Å². The Hall–Kier alpha value is 0.270. The van der Waals surface area contributed by atoms with Crippen LogP contribution in [-0.2, 0) is 0 Å². The molecule has 1 saturated carbocycles. The Morgan fingerprint density at radius 3 is 2.84 bits per heavy atom. The fourth-order valence-corrected chi connectivity index (χ4v) is 5.04. The van der Waals surface area contributed by atoms with Gasteiger partial charge < -0.3 is 10.6 Å². The van der Waals surface area contributed by atoms with Crippen molar-refractivity contribution in [1.82, 2.24) is 4.90 Å². The molecule has 1 saturated heterocycles. The van der Waals surface area contributed by atoms with Gasteiger partial charge in [0, 0.05) is 36.7 Å². The first-order valence-electron chi connectivity index (χ1n) is 8.32. The Bertz CT molecular complexity index is 259. The van der Waals surface area contributed by atoms with Crippen LogP contribution in [0.25, 0.3) is 0 Å². The fourth-order valence-electron chi connectivity index (χ4n) is 3.79. The van der Waals surface area contributed by atoms with Crippen molar-refractivity contribution in [3.05, 3.63) is 0 Å². The Labute approximate surface area is 123 Å². The summed E-state index contributed by atoms with van der Waals surface area (Å²) in [6.45, 7) is 8.48. The van der Waals surface area contributed by atoms with E-state index in [1.807, 2.05) is 0 Å². The van der Waals surface area contributed by atoms with Gasteiger partial charge in [-0.05, 0) is 37.5 Å². The van der Waals surface area contributed by atoms with Crippen LogP contribution in [0.3, 0.4) is 0 Å². The molecule has 0 aromatic rings. The van der Waals surface area contributed by atoms with Crippen molar-refractivity contribution in [1.29, 1.82) is 0 Å². The van der Waals surface area contributed by atoms with Gasteiger partial charge in [-0.25, -0.2) is 0 Å². The summed E-state index contributed by atoms with van der Waals surface area (Å²) in [5.41, 5.74) is 6.39. The van der Waals surface area contributed by atoms with Gasteiger partial charge in [-0.15, -0.1) is 0 Å². The highest BCUT2D eigenvalue weighted by molar-refractivity contribution is 8.00. The van der Waals surface area contributed by atoms with Crippen LogP contribution in [0, 0.1) is 11.8 Å². The van der Waals surface area contributed by atoms with Crippen LogP contribution in [-0.4, -0.2) is 41.6 Å². The molecule has 2 nitrogen and oxygen atoms in total. The molecular formula is C16H32N2S. The van der Waals surface area contributed by atoms with Crippen LogP contribution in [0.15, 0.2) is 0 Å². The van der Waals surface area contributed by atoms with Crippen molar-refractivity contribution in [2.24, 2.45) is 17.6 Å². The minimum Gasteiger partial charge on any atom is -0.327 e. The number of rotatable bonds is 5. The number of hydrogen-bond donors (Lipinski definition) is 1. The van der Waals surface area contributed by atoms with Gasteiger partial charge in [0.05, 0.1) is 0 Å². The Kier molecular flexibility index (Phi) is 6.51. The van der Waals surface area contributed by atoms with Crippen molar-refractivity contribution in [2.45, 2.75) is 63.7 Å². The van der Waals surface area contributed by atoms with Crippen molar-refractivity contribution in [3.8, 4) is 0 Å². The molecule has 4 unspecified atom stereocenters. The normalized spacial score (nSPS) is 37.4. The molecule has 0 bridgehead atoms. The predicted molar refractivity (Wildman–Crippen MR) is 86.7 cm³/mol. The number of hydrogen-bond acceptors (Lipinski definition) is 3. The molecule has 2 N–H and O–H groups in total. The zero-order valence-electron chi connectivity index (χ0n) is 12.8. The van der Waals surface area contributed by atoms with Gasteiger partial charge >= 0.3 is 0 Å². The molecule has 0 radical (unpaired) electrons. The second-order valence-electron chi connectivity index (χ2n) is 6.55. The highest BCUT2D eigenvalue weighted by atomic mass is 32.2. The molecule has 2 fully saturated rings. The van der Waals surface area contributed by atoms with Crippen molar-refractivity contribution < 1.29 is 0 Å². The quantitative estimate of drug-likeness (QED) is 0.839. The van der Waals surface area contributed by atoms with Gasteiger partial charge in [-0.2, -0.15) is 11.8 Å². The molecule has 0 aromatic heterocycles. The van der Waals surface area contributed by atoms with Gasteiger partial charge in [0.25, 0.3) is 0 Å². The van der Waals surface area contributed by atoms with E-state index < -0.39 is 0 Å². The molecule has 1 aliphatic carbocycles. The average molecular weight is 285 g/mol. The largest absolute Gasteiger partial charge is 0.327 e. The topological polar surface area (TPSA) is 29.3 Å². The molecule has 0 amide bonds. The summed E-state index contributed by atoms with van der Waals surface area (Å²) in [5, 5.41) is 0.861. The van der Waals surface area contributed by atoms with E-state index in [-0.39, 0.29) is 0 Å². The van der Waals surface area contributed by atoms with Crippen LogP contribution >= 0.6 is 11.8 Å². The summed E-state index contributed by atoms with van der Waals surface area (Å²) >= 11 is 2.17. The molecule has 0 spiro atoms. The second kappa shape index (κ2) is 7.90. The number of nitrogens with zero attached hydrogens (tertiary/aromatic N) is 1. The Balaban J connectivity index is 1.82. The first-order valence-corrected chi connectivity index (χ1v) is 9.37. The average Bonchev–Trinajstić information content (AvgIpc) is 2.43. The molecule has 4 atom stereocenters. The van der Waals surface area contributed by atoms with E-state index in [9.17, 15) is 0 Å². The van der Waals surface area contributed by atoms with Crippen LogP contribution < -0.4 is 5.73 Å². The van der Waals surface area contributed by atoms with E-state index in [2.05, 4.69) is 30.5 Å². The SMILES string of the molecule is CCCC1CCC(N)C(CN2CCSC(CC)C2)C1. The Morgan fingerprint density at radius 1 is 1.26 bits per heavy atom. The lowest BCUT2D eigenvalue weighted by Crippen LogP contribution is -2.46. The van der Waals surface area contributed by atoms with E-state index in [1.165, 1.54) is 63.9 Å². The zero-order chi connectivity index (χ0) is 13.7. The van der Waals surface area contributed by atoms with Crippen LogP contribution in [0.5, 0.6) is 0 Å². The smallest absolute Gasteiger partial charge is 0.0172 e. The molecule has 0 aromatic carbocycles. The standard InChI is InChI=1S/C16H32N2S/c1-3-5-13-6-7-16(17)14(10-13)11-18-8-9-19-15(4-2)12-18/h13-16H,3-12,17H2,1-2H3. The van der Waals surface area contributed by atoms with Gasteiger partial charge in [0.2, 0.25) is 0 Å². The number of nitrogens with two attached hydrogens (primary N) is 1. The molecule has 1 aliphatic heterocycles. The van der Waals surface area contributed by atoms with Crippen molar-refractivity contribution in [2.75, 3.05) is 25.4 Å². The highest BCUT2D eigenvalue weighted by Gasteiger charge is 2.30. The maximum Gasteiger partial charge on any atom is 0.0172 e. The van der Waals surface area contributed by atoms with Crippen molar-refractivity contribution >= 4 is 11.8 Å². The summed E-state index contributed by atoms with van der Waals surface area (Å²) in [4.78, 5) is 2.70. The predicted octanol–water partition coefficient (Wildman–Crippen LogP) is 3.36. The first-order chi connectivity index (χ1) is 9.22. The van der Waals surface area contributed by atoms with Gasteiger partial charge in [-0.1, -0.05) is 26.7 Å². The maximum atomic E-state index is 6.39. The molecule has 1 heterocycles. The minimum atomic E-state index is 0.461. The van der Waals surface area contributed by atoms with E-state index >= 15 is 0 Å². The van der Waals surface area contributed by atoms with E-state index in [1.54, 1.807) is 0 Å². The number of thioether (sulfide) groups is 1. The van der Waals surface area contributed by atoms with Crippen LogP contribution in [0.2, 0.25) is 0 Å². The van der Waals surface area contributed by atoms with Gasteiger partial charge in [0.15, 0.2) is 0 Å². The monoisotopic (exact) mass is 284 g/mol. The lowest BCUT2D eigenvalue weighted by molar-refractivity contribution is 0.154. The maximum absolute atomic E-state index is 6.39. The van der Waals surface area contributed by atoms with Crippen molar-refractivity contribution in [3.63, 3.8) is 0 Å². The first kappa shape index (κ1) is 15.7. The highest BCUT2D eigenvalue weighted by Crippen LogP contribution is 2.32. The van der Waals surface area contributed by atoms with Gasteiger partial charge in [0.1, 0.15) is 0 Å². The molecule has 2 rings (SSSR count). The van der Waals surface area contributed by atoms with E-state index in [4.69, 9.17) is 5.73 Å². The third-order valence-electron chi connectivity index (χ3n) is 5.02. The summed E-state index contributed by atoms with van der Waals surface area (Å²) in [7, 11) is 0. The molecule has 19 heavy (non-hydrogen) atoms. The van der Waals surface area contributed by atoms with E-state index in [0.29, 0.717) is 6.04 Å². The molecule has 2 aliphatic rings. The van der Waals surface area contributed by atoms with Crippen LogP contribution in [0.4, 0.5) is 0 Å². The fraction of sp³-hybridized carbons (Fsp3) is 1.00. The lowest BCUT2D eigenvalue weighted by atomic mass is 9.76.